The number of piperazine rings is 1. The van der Waals surface area contributed by atoms with E-state index in [1.807, 2.05) is 13.8 Å². The van der Waals surface area contributed by atoms with Crippen LogP contribution < -0.4 is 4.90 Å². The molecule has 9 heteroatoms. The molecule has 8 nitrogen and oxygen atoms in total. The van der Waals surface area contributed by atoms with Crippen LogP contribution in [0.4, 0.5) is 5.69 Å². The number of anilines is 1. The molecule has 0 atom stereocenters. The van der Waals surface area contributed by atoms with Crippen molar-refractivity contribution in [2.75, 3.05) is 31.1 Å². The van der Waals surface area contributed by atoms with Gasteiger partial charge in [0, 0.05) is 44.4 Å². The Labute approximate surface area is 163 Å². The van der Waals surface area contributed by atoms with E-state index >= 15 is 0 Å². The second-order valence-corrected chi connectivity index (χ2v) is 8.60. The van der Waals surface area contributed by atoms with Gasteiger partial charge in [-0.1, -0.05) is 24.6 Å². The van der Waals surface area contributed by atoms with Crippen LogP contribution in [0.1, 0.15) is 18.4 Å². The van der Waals surface area contributed by atoms with Crippen molar-refractivity contribution >= 4 is 15.7 Å². The minimum atomic E-state index is -3.71. The Morgan fingerprint density at radius 1 is 1.07 bits per heavy atom. The van der Waals surface area contributed by atoms with E-state index in [1.54, 1.807) is 0 Å². The number of rotatable bonds is 5. The fourth-order valence-corrected chi connectivity index (χ4v) is 4.49. The van der Waals surface area contributed by atoms with Crippen LogP contribution in [0.5, 0.6) is 0 Å². The molecular formula is C19H22N4O4S. The van der Waals surface area contributed by atoms with Crippen molar-refractivity contribution in [3.05, 3.63) is 48.0 Å². The van der Waals surface area contributed by atoms with E-state index in [1.165, 1.54) is 22.2 Å². The van der Waals surface area contributed by atoms with Gasteiger partial charge >= 0.3 is 0 Å². The first-order valence-electron chi connectivity index (χ1n) is 9.20. The summed E-state index contributed by atoms with van der Waals surface area (Å²) in [5.74, 6) is 0.749. The molecule has 0 aliphatic carbocycles. The lowest BCUT2D eigenvalue weighted by molar-refractivity contribution is 0.362. The van der Waals surface area contributed by atoms with Gasteiger partial charge in [0.2, 0.25) is 11.0 Å². The molecule has 1 aliphatic rings. The zero-order chi connectivity index (χ0) is 19.7. The van der Waals surface area contributed by atoms with Crippen LogP contribution in [0, 0.1) is 6.92 Å². The summed E-state index contributed by atoms with van der Waals surface area (Å²) in [5, 5.41) is 7.71. The lowest BCUT2D eigenvalue weighted by Crippen LogP contribution is -2.48. The number of furan rings is 1. The zero-order valence-corrected chi connectivity index (χ0v) is 16.6. The van der Waals surface area contributed by atoms with Crippen LogP contribution in [0.2, 0.25) is 0 Å². The van der Waals surface area contributed by atoms with Gasteiger partial charge in [0.15, 0.2) is 0 Å². The van der Waals surface area contributed by atoms with Crippen molar-refractivity contribution in [2.24, 2.45) is 0 Å². The van der Waals surface area contributed by atoms with Gasteiger partial charge in [-0.05, 0) is 19.1 Å². The van der Waals surface area contributed by atoms with Crippen LogP contribution >= 0.6 is 0 Å². The topological polar surface area (TPSA) is 92.7 Å². The van der Waals surface area contributed by atoms with Crippen LogP contribution in [0.15, 0.2) is 50.5 Å². The molecule has 0 spiro atoms. The van der Waals surface area contributed by atoms with Crippen molar-refractivity contribution in [1.82, 2.24) is 14.5 Å². The largest absolute Gasteiger partial charge is 0.451 e. The van der Waals surface area contributed by atoms with Crippen LogP contribution in [-0.2, 0) is 16.4 Å². The predicted octanol–water partition coefficient (Wildman–Crippen LogP) is 2.71. The first-order chi connectivity index (χ1) is 13.5. The second-order valence-electron chi connectivity index (χ2n) is 6.74. The fourth-order valence-electron chi connectivity index (χ4n) is 3.15. The third kappa shape index (κ3) is 3.55. The van der Waals surface area contributed by atoms with Gasteiger partial charge in [-0.2, -0.15) is 4.31 Å². The van der Waals surface area contributed by atoms with Crippen LogP contribution in [-0.4, -0.2) is 49.1 Å². The van der Waals surface area contributed by atoms with E-state index in [0.29, 0.717) is 44.1 Å². The lowest BCUT2D eigenvalue weighted by atomic mass is 10.2. The maximum atomic E-state index is 12.9. The number of hydrogen-bond donors (Lipinski definition) is 0. The van der Waals surface area contributed by atoms with E-state index in [4.69, 9.17) is 8.83 Å². The molecule has 3 aromatic rings. The highest BCUT2D eigenvalue weighted by molar-refractivity contribution is 7.89. The SMILES string of the molecule is CCc1nnc(-c2coc(S(=O)(=O)N3CCN(c4ccc(C)cc4)CC3)c2)o1. The van der Waals surface area contributed by atoms with Crippen molar-refractivity contribution in [1.29, 1.82) is 0 Å². The maximum Gasteiger partial charge on any atom is 0.276 e. The van der Waals surface area contributed by atoms with Gasteiger partial charge in [-0.25, -0.2) is 8.42 Å². The maximum absolute atomic E-state index is 12.9. The smallest absolute Gasteiger partial charge is 0.276 e. The molecule has 4 rings (SSSR count). The summed E-state index contributed by atoms with van der Waals surface area (Å²) in [7, 11) is -3.71. The molecule has 0 N–H and O–H groups in total. The van der Waals surface area contributed by atoms with Crippen molar-refractivity contribution in [3.8, 4) is 11.5 Å². The highest BCUT2D eigenvalue weighted by Crippen LogP contribution is 2.27. The Hall–Kier alpha value is -2.65. The van der Waals surface area contributed by atoms with Gasteiger partial charge < -0.3 is 13.7 Å². The van der Waals surface area contributed by atoms with E-state index in [0.717, 1.165) is 5.69 Å². The number of sulfonamides is 1. The summed E-state index contributed by atoms with van der Waals surface area (Å²) in [5.41, 5.74) is 2.76. The lowest BCUT2D eigenvalue weighted by Gasteiger charge is -2.34. The van der Waals surface area contributed by atoms with Gasteiger partial charge in [-0.15, -0.1) is 10.2 Å². The summed E-state index contributed by atoms with van der Waals surface area (Å²) in [6.45, 7) is 5.99. The van der Waals surface area contributed by atoms with Crippen molar-refractivity contribution in [2.45, 2.75) is 25.4 Å². The van der Waals surface area contributed by atoms with Crippen LogP contribution in [0.3, 0.4) is 0 Å². The van der Waals surface area contributed by atoms with Gasteiger partial charge in [0.25, 0.3) is 15.9 Å². The standard InChI is InChI=1S/C19H22N4O4S/c1-3-17-20-21-19(27-17)15-12-18(26-13-15)28(24,25)23-10-8-22(9-11-23)16-6-4-14(2)5-7-16/h4-7,12-13H,3,8-11H2,1-2H3. The second kappa shape index (κ2) is 7.40. The number of nitrogens with zero attached hydrogens (tertiary/aromatic N) is 4. The molecule has 0 radical (unpaired) electrons. The molecule has 0 unspecified atom stereocenters. The highest BCUT2D eigenvalue weighted by Gasteiger charge is 2.31. The number of benzene rings is 1. The summed E-state index contributed by atoms with van der Waals surface area (Å²) >= 11 is 0. The molecule has 0 amide bonds. The van der Waals surface area contributed by atoms with E-state index in [2.05, 4.69) is 39.4 Å². The Bertz CT molecular complexity index is 1050. The predicted molar refractivity (Wildman–Crippen MR) is 104 cm³/mol. The van der Waals surface area contributed by atoms with Crippen molar-refractivity contribution < 1.29 is 17.3 Å². The minimum absolute atomic E-state index is 0.109. The molecule has 3 heterocycles. The van der Waals surface area contributed by atoms with Gasteiger partial charge in [0.05, 0.1) is 5.56 Å². The summed E-state index contributed by atoms with van der Waals surface area (Å²) in [6.07, 6.45) is 1.95. The molecule has 28 heavy (non-hydrogen) atoms. The number of aromatic nitrogens is 2. The molecule has 1 fully saturated rings. The number of hydrogen-bond acceptors (Lipinski definition) is 7. The zero-order valence-electron chi connectivity index (χ0n) is 15.8. The summed E-state index contributed by atoms with van der Waals surface area (Å²) < 4.78 is 38.1. The molecule has 2 aromatic heterocycles. The average Bonchev–Trinajstić information content (AvgIpc) is 3.38. The quantitative estimate of drug-likeness (QED) is 0.648. The van der Waals surface area contributed by atoms with E-state index < -0.39 is 10.0 Å². The molecule has 0 bridgehead atoms. The summed E-state index contributed by atoms with van der Waals surface area (Å²) in [6, 6.07) is 9.68. The third-order valence-corrected chi connectivity index (χ3v) is 6.59. The first kappa shape index (κ1) is 18.7. The highest BCUT2D eigenvalue weighted by atomic mass is 32.2. The molecule has 148 valence electrons. The first-order valence-corrected chi connectivity index (χ1v) is 10.6. The number of aryl methyl sites for hydroxylation is 2. The van der Waals surface area contributed by atoms with Gasteiger partial charge in [-0.3, -0.25) is 0 Å². The average molecular weight is 402 g/mol. The van der Waals surface area contributed by atoms with Crippen LogP contribution in [0.25, 0.3) is 11.5 Å². The fraction of sp³-hybridized carbons (Fsp3) is 0.368. The minimum Gasteiger partial charge on any atom is -0.451 e. The Morgan fingerprint density at radius 3 is 2.43 bits per heavy atom. The monoisotopic (exact) mass is 402 g/mol. The summed E-state index contributed by atoms with van der Waals surface area (Å²) in [4.78, 5) is 2.18. The molecule has 1 aromatic carbocycles. The Kier molecular flexibility index (Phi) is 4.94. The Balaban J connectivity index is 1.46. The molecular weight excluding hydrogens is 380 g/mol. The normalized spacial score (nSPS) is 15.9. The van der Waals surface area contributed by atoms with E-state index in [9.17, 15) is 8.42 Å². The molecule has 1 saturated heterocycles. The molecule has 1 aliphatic heterocycles. The van der Waals surface area contributed by atoms with E-state index in [-0.39, 0.29) is 11.0 Å². The van der Waals surface area contributed by atoms with Gasteiger partial charge in [0.1, 0.15) is 6.26 Å². The Morgan fingerprint density at radius 2 is 1.79 bits per heavy atom. The van der Waals surface area contributed by atoms with Crippen molar-refractivity contribution in [3.63, 3.8) is 0 Å². The molecule has 0 saturated carbocycles. The third-order valence-electron chi connectivity index (χ3n) is 4.82.